The van der Waals surface area contributed by atoms with E-state index >= 15 is 0 Å². The van der Waals surface area contributed by atoms with Gasteiger partial charge in [-0.2, -0.15) is 0 Å². The highest BCUT2D eigenvalue weighted by Crippen LogP contribution is 2.18. The molecule has 0 aliphatic heterocycles. The molecule has 10 heavy (non-hydrogen) atoms. The van der Waals surface area contributed by atoms with Gasteiger partial charge in [0.2, 0.25) is 0 Å². The highest BCUT2D eigenvalue weighted by molar-refractivity contribution is 6.04. The Morgan fingerprint density at radius 1 is 1.60 bits per heavy atom. The fraction of sp³-hybridized carbons (Fsp3) is 0.375. The number of hydrogen-bond donors (Lipinski definition) is 1. The van der Waals surface area contributed by atoms with E-state index in [9.17, 15) is 4.79 Å². The van der Waals surface area contributed by atoms with Gasteiger partial charge in [-0.25, -0.2) is 0 Å². The molecule has 0 aromatic heterocycles. The summed E-state index contributed by atoms with van der Waals surface area (Å²) in [5.41, 5.74) is 1.61. The molecule has 0 atom stereocenters. The molecule has 0 radical (unpaired) electrons. The molecule has 0 spiro atoms. The van der Waals surface area contributed by atoms with E-state index in [0.717, 1.165) is 18.3 Å². The second-order valence-electron chi connectivity index (χ2n) is 2.51. The van der Waals surface area contributed by atoms with Crippen LogP contribution in [0.25, 0.3) is 0 Å². The summed E-state index contributed by atoms with van der Waals surface area (Å²) >= 11 is 0. The molecule has 0 saturated carbocycles. The molecule has 0 unspecified atom stereocenters. The van der Waals surface area contributed by atoms with Gasteiger partial charge < -0.3 is 5.11 Å². The lowest BCUT2D eigenvalue weighted by atomic mass is 9.96. The molecule has 1 aliphatic rings. The topological polar surface area (TPSA) is 37.3 Å². The number of rotatable bonds is 0. The van der Waals surface area contributed by atoms with Gasteiger partial charge in [-0.1, -0.05) is 5.57 Å². The van der Waals surface area contributed by atoms with Crippen molar-refractivity contribution < 1.29 is 9.90 Å². The Morgan fingerprint density at radius 3 is 2.80 bits per heavy atom. The zero-order chi connectivity index (χ0) is 7.56. The van der Waals surface area contributed by atoms with Crippen LogP contribution in [0, 0.1) is 0 Å². The van der Waals surface area contributed by atoms with Gasteiger partial charge in [0.1, 0.15) is 0 Å². The SMILES string of the molecule is CC1=CC(=O)/C(=C\O)CC1. The summed E-state index contributed by atoms with van der Waals surface area (Å²) in [5.74, 6) is -0.0498. The van der Waals surface area contributed by atoms with Crippen molar-refractivity contribution >= 4 is 5.78 Å². The van der Waals surface area contributed by atoms with Crippen molar-refractivity contribution in [2.45, 2.75) is 19.8 Å². The van der Waals surface area contributed by atoms with Crippen LogP contribution in [0.5, 0.6) is 0 Å². The smallest absolute Gasteiger partial charge is 0.184 e. The average molecular weight is 138 g/mol. The van der Waals surface area contributed by atoms with E-state index in [1.165, 1.54) is 0 Å². The zero-order valence-electron chi connectivity index (χ0n) is 5.92. The monoisotopic (exact) mass is 138 g/mol. The highest BCUT2D eigenvalue weighted by Gasteiger charge is 2.12. The van der Waals surface area contributed by atoms with Crippen LogP contribution in [0.1, 0.15) is 19.8 Å². The second-order valence-corrected chi connectivity index (χ2v) is 2.51. The van der Waals surface area contributed by atoms with Crippen LogP contribution in [0.15, 0.2) is 23.5 Å². The molecule has 0 amide bonds. The van der Waals surface area contributed by atoms with Crippen LogP contribution >= 0.6 is 0 Å². The van der Waals surface area contributed by atoms with Crippen molar-refractivity contribution in [1.29, 1.82) is 0 Å². The Hall–Kier alpha value is -1.05. The van der Waals surface area contributed by atoms with Gasteiger partial charge in [-0.05, 0) is 25.8 Å². The number of aliphatic hydroxyl groups is 1. The number of aliphatic hydroxyl groups excluding tert-OH is 1. The first-order chi connectivity index (χ1) is 4.74. The average Bonchev–Trinajstić information content (AvgIpc) is 1.88. The van der Waals surface area contributed by atoms with E-state index in [0.29, 0.717) is 12.0 Å². The Morgan fingerprint density at radius 2 is 2.30 bits per heavy atom. The molecule has 2 heteroatoms. The third kappa shape index (κ3) is 1.26. The molecule has 0 aromatic rings. The Bertz CT molecular complexity index is 211. The Labute approximate surface area is 59.9 Å². The number of carbonyl (C=O) groups excluding carboxylic acids is 1. The summed E-state index contributed by atoms with van der Waals surface area (Å²) in [7, 11) is 0. The van der Waals surface area contributed by atoms with Gasteiger partial charge in [0.25, 0.3) is 0 Å². The van der Waals surface area contributed by atoms with Gasteiger partial charge in [0.05, 0.1) is 6.26 Å². The molecular weight excluding hydrogens is 128 g/mol. The van der Waals surface area contributed by atoms with Gasteiger partial charge in [0, 0.05) is 5.57 Å². The fourth-order valence-corrected chi connectivity index (χ4v) is 0.972. The van der Waals surface area contributed by atoms with Gasteiger partial charge in [-0.15, -0.1) is 0 Å². The van der Waals surface area contributed by atoms with E-state index in [1.54, 1.807) is 6.08 Å². The predicted molar refractivity (Wildman–Crippen MR) is 38.7 cm³/mol. The summed E-state index contributed by atoms with van der Waals surface area (Å²) in [6.45, 7) is 1.92. The molecule has 1 rings (SSSR count). The molecule has 54 valence electrons. The first kappa shape index (κ1) is 7.06. The molecule has 0 fully saturated rings. The van der Waals surface area contributed by atoms with Crippen LogP contribution in [-0.4, -0.2) is 10.9 Å². The van der Waals surface area contributed by atoms with E-state index in [1.807, 2.05) is 6.92 Å². The van der Waals surface area contributed by atoms with Crippen molar-refractivity contribution in [2.24, 2.45) is 0 Å². The molecule has 0 aromatic carbocycles. The number of ketones is 1. The first-order valence-electron chi connectivity index (χ1n) is 3.29. The van der Waals surface area contributed by atoms with E-state index in [2.05, 4.69) is 0 Å². The van der Waals surface area contributed by atoms with Crippen LogP contribution in [0.2, 0.25) is 0 Å². The maximum absolute atomic E-state index is 10.9. The number of carbonyl (C=O) groups is 1. The lowest BCUT2D eigenvalue weighted by Crippen LogP contribution is -2.05. The number of allylic oxidation sites excluding steroid dienone is 3. The van der Waals surface area contributed by atoms with Crippen LogP contribution in [0.3, 0.4) is 0 Å². The molecule has 0 heterocycles. The summed E-state index contributed by atoms with van der Waals surface area (Å²) in [6.07, 6.45) is 4.05. The van der Waals surface area contributed by atoms with Gasteiger partial charge in [0.15, 0.2) is 5.78 Å². The molecular formula is C8H10O2. The summed E-state index contributed by atoms with van der Waals surface area (Å²) in [5, 5.41) is 8.54. The lowest BCUT2D eigenvalue weighted by molar-refractivity contribution is -0.111. The van der Waals surface area contributed by atoms with Crippen molar-refractivity contribution in [3.8, 4) is 0 Å². The Balaban J connectivity index is 2.84. The van der Waals surface area contributed by atoms with E-state index in [-0.39, 0.29) is 5.78 Å². The van der Waals surface area contributed by atoms with Crippen molar-refractivity contribution in [2.75, 3.05) is 0 Å². The predicted octanol–water partition coefficient (Wildman–Crippen LogP) is 1.74. The van der Waals surface area contributed by atoms with Crippen molar-refractivity contribution in [3.05, 3.63) is 23.5 Å². The minimum absolute atomic E-state index is 0.0498. The van der Waals surface area contributed by atoms with Crippen molar-refractivity contribution in [3.63, 3.8) is 0 Å². The van der Waals surface area contributed by atoms with Crippen LogP contribution in [0.4, 0.5) is 0 Å². The third-order valence-corrected chi connectivity index (χ3v) is 1.64. The number of hydrogen-bond acceptors (Lipinski definition) is 2. The minimum Gasteiger partial charge on any atom is -0.515 e. The van der Waals surface area contributed by atoms with E-state index in [4.69, 9.17) is 5.11 Å². The third-order valence-electron chi connectivity index (χ3n) is 1.64. The maximum Gasteiger partial charge on any atom is 0.184 e. The minimum atomic E-state index is -0.0498. The fourth-order valence-electron chi connectivity index (χ4n) is 0.972. The maximum atomic E-state index is 10.9. The van der Waals surface area contributed by atoms with Gasteiger partial charge >= 0.3 is 0 Å². The molecule has 0 saturated heterocycles. The van der Waals surface area contributed by atoms with Crippen LogP contribution < -0.4 is 0 Å². The van der Waals surface area contributed by atoms with E-state index < -0.39 is 0 Å². The lowest BCUT2D eigenvalue weighted by Gasteiger charge is -2.08. The normalized spacial score (nSPS) is 23.1. The summed E-state index contributed by atoms with van der Waals surface area (Å²) < 4.78 is 0. The Kier molecular flexibility index (Phi) is 1.90. The van der Waals surface area contributed by atoms with Crippen LogP contribution in [-0.2, 0) is 4.79 Å². The first-order valence-corrected chi connectivity index (χ1v) is 3.29. The standard InChI is InChI=1S/C8H10O2/c1-6-2-3-7(5-9)8(10)4-6/h4-5,9H,2-3H2,1H3/b7-5-. The molecule has 0 bridgehead atoms. The highest BCUT2D eigenvalue weighted by atomic mass is 16.2. The largest absolute Gasteiger partial charge is 0.515 e. The van der Waals surface area contributed by atoms with Gasteiger partial charge in [-0.3, -0.25) is 4.79 Å². The molecule has 2 nitrogen and oxygen atoms in total. The second kappa shape index (κ2) is 2.69. The quantitative estimate of drug-likeness (QED) is 0.409. The summed E-state index contributed by atoms with van der Waals surface area (Å²) in [6, 6.07) is 0. The zero-order valence-corrected chi connectivity index (χ0v) is 5.92. The van der Waals surface area contributed by atoms with Crippen molar-refractivity contribution in [1.82, 2.24) is 0 Å². The molecule has 1 N–H and O–H groups in total. The summed E-state index contributed by atoms with van der Waals surface area (Å²) in [4.78, 5) is 10.9. The molecule has 1 aliphatic carbocycles.